The second kappa shape index (κ2) is 5.49. The van der Waals surface area contributed by atoms with E-state index in [0.717, 1.165) is 35.9 Å². The van der Waals surface area contributed by atoms with Gasteiger partial charge in [-0.05, 0) is 30.5 Å². The molecule has 1 saturated heterocycles. The van der Waals surface area contributed by atoms with Gasteiger partial charge >= 0.3 is 0 Å². The van der Waals surface area contributed by atoms with Gasteiger partial charge in [-0.1, -0.05) is 18.2 Å². The molecular formula is C16H17NO2. The maximum absolute atomic E-state index is 12.3. The van der Waals surface area contributed by atoms with Crippen molar-refractivity contribution < 1.29 is 9.53 Å². The summed E-state index contributed by atoms with van der Waals surface area (Å²) in [6.07, 6.45) is 4.22. The SMILES string of the molecule is O=C(Cc1ccnc2ccccc12)C1CCCOC1. The molecule has 1 fully saturated rings. The number of rotatable bonds is 3. The number of ether oxygens (including phenoxy) is 1. The molecule has 19 heavy (non-hydrogen) atoms. The molecule has 0 amide bonds. The molecule has 1 atom stereocenters. The molecule has 1 aliphatic heterocycles. The van der Waals surface area contributed by atoms with E-state index in [4.69, 9.17) is 4.74 Å². The maximum atomic E-state index is 12.3. The van der Waals surface area contributed by atoms with E-state index in [1.165, 1.54) is 0 Å². The summed E-state index contributed by atoms with van der Waals surface area (Å²) in [7, 11) is 0. The minimum absolute atomic E-state index is 0.0701. The third-order valence-corrected chi connectivity index (χ3v) is 3.72. The number of fused-ring (bicyclic) bond motifs is 1. The van der Waals surface area contributed by atoms with E-state index in [9.17, 15) is 4.79 Å². The Labute approximate surface area is 112 Å². The molecule has 2 heterocycles. The van der Waals surface area contributed by atoms with Crippen molar-refractivity contribution in [3.8, 4) is 0 Å². The van der Waals surface area contributed by atoms with Crippen LogP contribution in [0.1, 0.15) is 18.4 Å². The summed E-state index contributed by atoms with van der Waals surface area (Å²) in [6.45, 7) is 1.38. The number of nitrogens with zero attached hydrogens (tertiary/aromatic N) is 1. The minimum atomic E-state index is 0.0701. The number of hydrogen-bond acceptors (Lipinski definition) is 3. The van der Waals surface area contributed by atoms with Crippen molar-refractivity contribution in [2.24, 2.45) is 5.92 Å². The van der Waals surface area contributed by atoms with E-state index in [1.54, 1.807) is 6.20 Å². The number of ketones is 1. The van der Waals surface area contributed by atoms with Gasteiger partial charge in [0.1, 0.15) is 5.78 Å². The summed E-state index contributed by atoms with van der Waals surface area (Å²) in [5, 5.41) is 1.08. The number of carbonyl (C=O) groups is 1. The van der Waals surface area contributed by atoms with E-state index >= 15 is 0 Å². The van der Waals surface area contributed by atoms with Crippen LogP contribution in [0.5, 0.6) is 0 Å². The van der Waals surface area contributed by atoms with Crippen LogP contribution >= 0.6 is 0 Å². The summed E-state index contributed by atoms with van der Waals surface area (Å²) in [4.78, 5) is 16.6. The Kier molecular flexibility index (Phi) is 3.56. The second-order valence-electron chi connectivity index (χ2n) is 5.04. The molecule has 0 spiro atoms. The Bertz CT molecular complexity index is 583. The highest BCUT2D eigenvalue weighted by molar-refractivity contribution is 5.90. The lowest BCUT2D eigenvalue weighted by molar-refractivity contribution is -0.126. The van der Waals surface area contributed by atoms with E-state index < -0.39 is 0 Å². The maximum Gasteiger partial charge on any atom is 0.142 e. The zero-order chi connectivity index (χ0) is 13.1. The summed E-state index contributed by atoms with van der Waals surface area (Å²) >= 11 is 0. The molecule has 1 aromatic carbocycles. The molecule has 0 saturated carbocycles. The van der Waals surface area contributed by atoms with Gasteiger partial charge in [0.25, 0.3) is 0 Å². The van der Waals surface area contributed by atoms with Crippen molar-refractivity contribution in [3.05, 3.63) is 42.1 Å². The van der Waals surface area contributed by atoms with Gasteiger partial charge in [0.2, 0.25) is 0 Å². The Balaban J connectivity index is 1.82. The fourth-order valence-electron chi connectivity index (χ4n) is 2.64. The quantitative estimate of drug-likeness (QED) is 0.846. The lowest BCUT2D eigenvalue weighted by Crippen LogP contribution is -2.26. The van der Waals surface area contributed by atoms with Crippen LogP contribution < -0.4 is 0 Å². The van der Waals surface area contributed by atoms with Crippen LogP contribution in [-0.4, -0.2) is 24.0 Å². The first-order chi connectivity index (χ1) is 9.34. The molecule has 2 aromatic rings. The van der Waals surface area contributed by atoms with Crippen LogP contribution in [0.3, 0.4) is 0 Å². The molecule has 3 heteroatoms. The van der Waals surface area contributed by atoms with E-state index in [0.29, 0.717) is 13.0 Å². The monoisotopic (exact) mass is 255 g/mol. The van der Waals surface area contributed by atoms with Crippen LogP contribution in [0.15, 0.2) is 36.5 Å². The summed E-state index contributed by atoms with van der Waals surface area (Å²) in [5.74, 6) is 0.358. The molecule has 1 aromatic heterocycles. The van der Waals surface area contributed by atoms with Crippen LogP contribution in [0.25, 0.3) is 10.9 Å². The number of hydrogen-bond donors (Lipinski definition) is 0. The Morgan fingerprint density at radius 1 is 1.32 bits per heavy atom. The van der Waals surface area contributed by atoms with Gasteiger partial charge in [-0.25, -0.2) is 0 Å². The molecule has 0 N–H and O–H groups in total. The molecule has 3 rings (SSSR count). The highest BCUT2D eigenvalue weighted by atomic mass is 16.5. The summed E-state index contributed by atoms with van der Waals surface area (Å²) < 4.78 is 5.40. The molecule has 0 aliphatic carbocycles. The normalized spacial score (nSPS) is 19.5. The topological polar surface area (TPSA) is 39.2 Å². The van der Waals surface area contributed by atoms with Crippen molar-refractivity contribution in [1.29, 1.82) is 0 Å². The molecular weight excluding hydrogens is 238 g/mol. The Morgan fingerprint density at radius 2 is 2.21 bits per heavy atom. The fraction of sp³-hybridized carbons (Fsp3) is 0.375. The van der Waals surface area contributed by atoms with Gasteiger partial charge in [-0.3, -0.25) is 9.78 Å². The Hall–Kier alpha value is -1.74. The zero-order valence-corrected chi connectivity index (χ0v) is 10.8. The van der Waals surface area contributed by atoms with E-state index in [-0.39, 0.29) is 11.7 Å². The number of carbonyl (C=O) groups excluding carboxylic acids is 1. The lowest BCUT2D eigenvalue weighted by atomic mass is 9.92. The largest absolute Gasteiger partial charge is 0.381 e. The number of pyridine rings is 1. The number of aromatic nitrogens is 1. The first kappa shape index (κ1) is 12.3. The molecule has 1 unspecified atom stereocenters. The molecule has 3 nitrogen and oxygen atoms in total. The second-order valence-corrected chi connectivity index (χ2v) is 5.04. The summed E-state index contributed by atoms with van der Waals surface area (Å²) in [5.41, 5.74) is 2.02. The predicted molar refractivity (Wildman–Crippen MR) is 74.0 cm³/mol. The Morgan fingerprint density at radius 3 is 3.05 bits per heavy atom. The van der Waals surface area contributed by atoms with Crippen molar-refractivity contribution in [2.45, 2.75) is 19.3 Å². The summed E-state index contributed by atoms with van der Waals surface area (Å²) in [6, 6.07) is 9.91. The third kappa shape index (κ3) is 2.66. The molecule has 1 aliphatic rings. The third-order valence-electron chi connectivity index (χ3n) is 3.72. The highest BCUT2D eigenvalue weighted by Crippen LogP contribution is 2.21. The average Bonchev–Trinajstić information content (AvgIpc) is 2.48. The zero-order valence-electron chi connectivity index (χ0n) is 10.8. The van der Waals surface area contributed by atoms with E-state index in [1.807, 2.05) is 30.3 Å². The van der Waals surface area contributed by atoms with Gasteiger partial charge < -0.3 is 4.74 Å². The molecule has 0 radical (unpaired) electrons. The number of Topliss-reactive ketones (excluding diaryl/α,β-unsaturated/α-hetero) is 1. The number of para-hydroxylation sites is 1. The van der Waals surface area contributed by atoms with Crippen molar-refractivity contribution in [1.82, 2.24) is 4.98 Å². The molecule has 98 valence electrons. The van der Waals surface area contributed by atoms with E-state index in [2.05, 4.69) is 4.98 Å². The van der Waals surface area contributed by atoms with Crippen molar-refractivity contribution in [2.75, 3.05) is 13.2 Å². The van der Waals surface area contributed by atoms with Crippen LogP contribution in [0.4, 0.5) is 0 Å². The van der Waals surface area contributed by atoms with Gasteiger partial charge in [0, 0.05) is 30.5 Å². The van der Waals surface area contributed by atoms with Crippen molar-refractivity contribution >= 4 is 16.7 Å². The first-order valence-corrected chi connectivity index (χ1v) is 6.77. The van der Waals surface area contributed by atoms with Gasteiger partial charge in [-0.2, -0.15) is 0 Å². The van der Waals surface area contributed by atoms with Gasteiger partial charge in [0.05, 0.1) is 12.1 Å². The van der Waals surface area contributed by atoms with Gasteiger partial charge in [-0.15, -0.1) is 0 Å². The van der Waals surface area contributed by atoms with Crippen molar-refractivity contribution in [3.63, 3.8) is 0 Å². The van der Waals surface area contributed by atoms with Crippen LogP contribution in [-0.2, 0) is 16.0 Å². The average molecular weight is 255 g/mol. The predicted octanol–water partition coefficient (Wildman–Crippen LogP) is 2.77. The number of benzene rings is 1. The standard InChI is InChI=1S/C16H17NO2/c18-16(13-4-3-9-19-11-13)10-12-7-8-17-15-6-2-1-5-14(12)15/h1-2,5-8,13H,3-4,9-11H2. The fourth-order valence-corrected chi connectivity index (χ4v) is 2.64. The minimum Gasteiger partial charge on any atom is -0.381 e. The molecule has 0 bridgehead atoms. The van der Waals surface area contributed by atoms with Gasteiger partial charge in [0.15, 0.2) is 0 Å². The lowest BCUT2D eigenvalue weighted by Gasteiger charge is -2.21. The van der Waals surface area contributed by atoms with Crippen LogP contribution in [0, 0.1) is 5.92 Å². The first-order valence-electron chi connectivity index (χ1n) is 6.77. The van der Waals surface area contributed by atoms with Crippen LogP contribution in [0.2, 0.25) is 0 Å². The highest BCUT2D eigenvalue weighted by Gasteiger charge is 2.22. The smallest absolute Gasteiger partial charge is 0.142 e.